The molecule has 0 saturated carbocycles. The van der Waals surface area contributed by atoms with Gasteiger partial charge in [-0.15, -0.1) is 11.8 Å². The summed E-state index contributed by atoms with van der Waals surface area (Å²) in [5.41, 5.74) is -0.0105. The highest BCUT2D eigenvalue weighted by atomic mass is 16.5. The van der Waals surface area contributed by atoms with E-state index in [1.54, 1.807) is 7.11 Å². The first-order valence-electron chi connectivity index (χ1n) is 4.78. The highest BCUT2D eigenvalue weighted by Crippen LogP contribution is 2.10. The summed E-state index contributed by atoms with van der Waals surface area (Å²) >= 11 is 0. The van der Waals surface area contributed by atoms with Crippen LogP contribution in [0.4, 0.5) is 0 Å². The van der Waals surface area contributed by atoms with E-state index in [0.717, 1.165) is 25.9 Å². The molecule has 0 aromatic carbocycles. The summed E-state index contributed by atoms with van der Waals surface area (Å²) in [5, 5.41) is 3.33. The van der Waals surface area contributed by atoms with Crippen molar-refractivity contribution in [2.45, 2.75) is 39.2 Å². The maximum Gasteiger partial charge on any atom is 0.0634 e. The van der Waals surface area contributed by atoms with E-state index in [0.29, 0.717) is 0 Å². The van der Waals surface area contributed by atoms with Crippen molar-refractivity contribution in [3.8, 4) is 11.8 Å². The van der Waals surface area contributed by atoms with Gasteiger partial charge in [0.1, 0.15) is 0 Å². The minimum absolute atomic E-state index is 0.0105. The van der Waals surface area contributed by atoms with Crippen molar-refractivity contribution in [3.05, 3.63) is 0 Å². The Hall–Kier alpha value is -0.520. The molecule has 2 nitrogen and oxygen atoms in total. The van der Waals surface area contributed by atoms with Crippen molar-refractivity contribution in [3.63, 3.8) is 0 Å². The lowest BCUT2D eigenvalue weighted by molar-refractivity contribution is 0.0159. The molecule has 0 spiro atoms. The van der Waals surface area contributed by atoms with Crippen molar-refractivity contribution in [1.82, 2.24) is 5.32 Å². The quantitative estimate of drug-likeness (QED) is 0.501. The Balaban J connectivity index is 3.29. The molecule has 0 aromatic heterocycles. The van der Waals surface area contributed by atoms with Gasteiger partial charge in [0.25, 0.3) is 0 Å². The molecule has 0 aliphatic carbocycles. The van der Waals surface area contributed by atoms with Gasteiger partial charge in [-0.25, -0.2) is 0 Å². The fourth-order valence-corrected chi connectivity index (χ4v) is 0.892. The maximum atomic E-state index is 5.30. The third-order valence-corrected chi connectivity index (χ3v) is 2.06. The van der Waals surface area contributed by atoms with Crippen molar-refractivity contribution in [2.75, 3.05) is 20.2 Å². The summed E-state index contributed by atoms with van der Waals surface area (Å²) in [6.07, 6.45) is 1.97. The minimum atomic E-state index is -0.0105. The second kappa shape index (κ2) is 6.94. The number of nitrogens with one attached hydrogen (secondary N) is 1. The van der Waals surface area contributed by atoms with Crippen LogP contribution in [0, 0.1) is 11.8 Å². The van der Waals surface area contributed by atoms with E-state index < -0.39 is 0 Å². The van der Waals surface area contributed by atoms with Crippen LogP contribution in [-0.4, -0.2) is 25.8 Å². The van der Waals surface area contributed by atoms with Crippen LogP contribution < -0.4 is 5.32 Å². The van der Waals surface area contributed by atoms with Crippen LogP contribution in [0.1, 0.15) is 33.6 Å². The summed E-state index contributed by atoms with van der Waals surface area (Å²) < 4.78 is 5.30. The normalized spacial score (nSPS) is 10.8. The number of ether oxygens (including phenoxy) is 1. The Morgan fingerprint density at radius 2 is 2.00 bits per heavy atom. The fourth-order valence-electron chi connectivity index (χ4n) is 0.892. The van der Waals surface area contributed by atoms with Crippen LogP contribution in [0.5, 0.6) is 0 Å². The lowest BCUT2D eigenvalue weighted by Crippen LogP contribution is -2.29. The predicted octanol–water partition coefficient (Wildman–Crippen LogP) is 1.80. The zero-order valence-corrected chi connectivity index (χ0v) is 9.24. The molecule has 0 bridgehead atoms. The molecule has 0 saturated heterocycles. The molecular weight excluding hydrogens is 162 g/mol. The summed E-state index contributed by atoms with van der Waals surface area (Å²) in [6.45, 7) is 8.03. The third kappa shape index (κ3) is 7.83. The van der Waals surface area contributed by atoms with Crippen molar-refractivity contribution < 1.29 is 4.74 Å². The molecule has 0 rings (SSSR count). The van der Waals surface area contributed by atoms with Gasteiger partial charge < -0.3 is 10.1 Å². The average Bonchev–Trinajstić information content (AvgIpc) is 2.11. The van der Waals surface area contributed by atoms with Crippen LogP contribution in [-0.2, 0) is 4.74 Å². The van der Waals surface area contributed by atoms with E-state index in [1.807, 2.05) is 6.92 Å². The van der Waals surface area contributed by atoms with Gasteiger partial charge in [-0.1, -0.05) is 0 Å². The number of hydrogen-bond acceptors (Lipinski definition) is 2. The van der Waals surface area contributed by atoms with Gasteiger partial charge in [-0.05, 0) is 33.7 Å². The van der Waals surface area contributed by atoms with E-state index in [2.05, 4.69) is 31.0 Å². The molecular formula is C11H21NO. The number of hydrogen-bond donors (Lipinski definition) is 1. The molecule has 0 amide bonds. The molecule has 0 atom stereocenters. The standard InChI is InChI=1S/C11H21NO/c1-5-6-7-9-12-10-8-11(2,3)13-4/h12H,7-10H2,1-4H3. The number of methoxy groups -OCH3 is 1. The molecule has 0 aliphatic rings. The fraction of sp³-hybridized carbons (Fsp3) is 0.818. The summed E-state index contributed by atoms with van der Waals surface area (Å²) in [4.78, 5) is 0. The van der Waals surface area contributed by atoms with Gasteiger partial charge in [0.2, 0.25) is 0 Å². The average molecular weight is 183 g/mol. The van der Waals surface area contributed by atoms with Crippen LogP contribution in [0.15, 0.2) is 0 Å². The van der Waals surface area contributed by atoms with E-state index in [-0.39, 0.29) is 5.60 Å². The Bertz CT molecular complexity index is 176. The van der Waals surface area contributed by atoms with Crippen molar-refractivity contribution in [2.24, 2.45) is 0 Å². The van der Waals surface area contributed by atoms with Crippen LogP contribution in [0.25, 0.3) is 0 Å². The second-order valence-electron chi connectivity index (χ2n) is 3.64. The monoisotopic (exact) mass is 183 g/mol. The molecule has 0 radical (unpaired) electrons. The first kappa shape index (κ1) is 12.5. The lowest BCUT2D eigenvalue weighted by atomic mass is 10.1. The van der Waals surface area contributed by atoms with Gasteiger partial charge in [0.05, 0.1) is 5.60 Å². The highest BCUT2D eigenvalue weighted by molar-refractivity contribution is 4.95. The molecule has 13 heavy (non-hydrogen) atoms. The number of rotatable bonds is 6. The molecule has 0 unspecified atom stereocenters. The largest absolute Gasteiger partial charge is 0.379 e. The predicted molar refractivity (Wildman–Crippen MR) is 56.6 cm³/mol. The van der Waals surface area contributed by atoms with Gasteiger partial charge >= 0.3 is 0 Å². The smallest absolute Gasteiger partial charge is 0.0634 e. The highest BCUT2D eigenvalue weighted by Gasteiger charge is 2.14. The SMILES string of the molecule is CC#CCCNCCC(C)(C)OC. The van der Waals surface area contributed by atoms with E-state index >= 15 is 0 Å². The zero-order valence-electron chi connectivity index (χ0n) is 9.24. The molecule has 0 aliphatic heterocycles. The van der Waals surface area contributed by atoms with Crippen LogP contribution >= 0.6 is 0 Å². The molecule has 1 N–H and O–H groups in total. The molecule has 0 aromatic rings. The van der Waals surface area contributed by atoms with Crippen molar-refractivity contribution >= 4 is 0 Å². The summed E-state index contributed by atoms with van der Waals surface area (Å²) in [5.74, 6) is 5.89. The topological polar surface area (TPSA) is 21.3 Å². The van der Waals surface area contributed by atoms with Gasteiger partial charge in [0.15, 0.2) is 0 Å². The van der Waals surface area contributed by atoms with E-state index in [9.17, 15) is 0 Å². The van der Waals surface area contributed by atoms with Crippen LogP contribution in [0.3, 0.4) is 0 Å². The van der Waals surface area contributed by atoms with Gasteiger partial charge in [-0.2, -0.15) is 0 Å². The van der Waals surface area contributed by atoms with E-state index in [4.69, 9.17) is 4.74 Å². The lowest BCUT2D eigenvalue weighted by Gasteiger charge is -2.22. The van der Waals surface area contributed by atoms with E-state index in [1.165, 1.54) is 0 Å². The Kier molecular flexibility index (Phi) is 6.66. The first-order chi connectivity index (χ1) is 6.12. The summed E-state index contributed by atoms with van der Waals surface area (Å²) in [6, 6.07) is 0. The Labute approximate surface area is 82.1 Å². The van der Waals surface area contributed by atoms with Gasteiger partial charge in [0, 0.05) is 20.1 Å². The Morgan fingerprint density at radius 3 is 2.54 bits per heavy atom. The summed E-state index contributed by atoms with van der Waals surface area (Å²) in [7, 11) is 1.75. The molecule has 0 fully saturated rings. The van der Waals surface area contributed by atoms with Crippen LogP contribution in [0.2, 0.25) is 0 Å². The maximum absolute atomic E-state index is 5.30. The van der Waals surface area contributed by atoms with Crippen molar-refractivity contribution in [1.29, 1.82) is 0 Å². The molecule has 2 heteroatoms. The molecule has 76 valence electrons. The molecule has 0 heterocycles. The zero-order chi connectivity index (χ0) is 10.2. The third-order valence-electron chi connectivity index (χ3n) is 2.06. The second-order valence-corrected chi connectivity index (χ2v) is 3.64. The van der Waals surface area contributed by atoms with Gasteiger partial charge in [-0.3, -0.25) is 0 Å². The minimum Gasteiger partial charge on any atom is -0.379 e. The first-order valence-corrected chi connectivity index (χ1v) is 4.78. The Morgan fingerprint density at radius 1 is 1.31 bits per heavy atom.